The fourth-order valence-electron chi connectivity index (χ4n) is 2.09. The van der Waals surface area contributed by atoms with Gasteiger partial charge in [0, 0.05) is 6.42 Å². The Morgan fingerprint density at radius 3 is 3.05 bits per heavy atom. The molecule has 0 aliphatic carbocycles. The van der Waals surface area contributed by atoms with Crippen LogP contribution in [0.15, 0.2) is 28.7 Å². The Bertz CT molecular complexity index is 602. The molecule has 1 atom stereocenters. The predicted octanol–water partition coefficient (Wildman–Crippen LogP) is 0.723. The zero-order chi connectivity index (χ0) is 13.2. The van der Waals surface area contributed by atoms with Gasteiger partial charge in [-0.3, -0.25) is 9.59 Å². The van der Waals surface area contributed by atoms with Crippen molar-refractivity contribution in [2.24, 2.45) is 0 Å². The Hall–Kier alpha value is -2.37. The van der Waals surface area contributed by atoms with Crippen molar-refractivity contribution < 1.29 is 14.0 Å². The minimum atomic E-state index is -0.433. The molecule has 2 amide bonds. The van der Waals surface area contributed by atoms with E-state index in [1.807, 2.05) is 24.3 Å². The third-order valence-corrected chi connectivity index (χ3v) is 3.06. The second-order valence-corrected chi connectivity index (χ2v) is 4.45. The summed E-state index contributed by atoms with van der Waals surface area (Å²) in [6, 6.07) is 6.98. The fourth-order valence-corrected chi connectivity index (χ4v) is 2.09. The second-order valence-electron chi connectivity index (χ2n) is 4.45. The standard InChI is InChI=1S/C13H13N3O3/c17-11-6-5-9(15-11)13(18)14-7-12-16-8-3-1-2-4-10(8)19-12/h1-4,9H,5-7H2,(H,14,18)(H,15,17). The second kappa shape index (κ2) is 4.72. The number of rotatable bonds is 3. The number of carbonyl (C=O) groups excluding carboxylic acids is 2. The van der Waals surface area contributed by atoms with E-state index in [4.69, 9.17) is 4.42 Å². The van der Waals surface area contributed by atoms with Crippen LogP contribution in [-0.2, 0) is 16.1 Å². The van der Waals surface area contributed by atoms with E-state index in [-0.39, 0.29) is 18.4 Å². The molecular formula is C13H13N3O3. The van der Waals surface area contributed by atoms with E-state index in [1.165, 1.54) is 0 Å². The summed E-state index contributed by atoms with van der Waals surface area (Å²) >= 11 is 0. The fraction of sp³-hybridized carbons (Fsp3) is 0.308. The van der Waals surface area contributed by atoms with Crippen LogP contribution in [0.2, 0.25) is 0 Å². The quantitative estimate of drug-likeness (QED) is 0.850. The summed E-state index contributed by atoms with van der Waals surface area (Å²) in [6.07, 6.45) is 0.944. The van der Waals surface area contributed by atoms with Gasteiger partial charge in [-0.05, 0) is 18.6 Å². The van der Waals surface area contributed by atoms with Crippen LogP contribution in [-0.4, -0.2) is 22.8 Å². The highest BCUT2D eigenvalue weighted by atomic mass is 16.3. The first-order valence-electron chi connectivity index (χ1n) is 6.14. The number of amides is 2. The highest BCUT2D eigenvalue weighted by Gasteiger charge is 2.27. The third-order valence-electron chi connectivity index (χ3n) is 3.06. The molecule has 2 N–H and O–H groups in total. The molecule has 1 fully saturated rings. The van der Waals surface area contributed by atoms with Gasteiger partial charge in [0.15, 0.2) is 5.58 Å². The molecular weight excluding hydrogens is 246 g/mol. The lowest BCUT2D eigenvalue weighted by molar-refractivity contribution is -0.125. The molecule has 3 rings (SSSR count). The van der Waals surface area contributed by atoms with E-state index in [0.717, 1.165) is 5.52 Å². The molecule has 1 aromatic carbocycles. The van der Waals surface area contributed by atoms with Gasteiger partial charge in [-0.25, -0.2) is 4.98 Å². The topological polar surface area (TPSA) is 84.2 Å². The average molecular weight is 259 g/mol. The lowest BCUT2D eigenvalue weighted by Crippen LogP contribution is -2.41. The highest BCUT2D eigenvalue weighted by molar-refractivity contribution is 5.90. The summed E-state index contributed by atoms with van der Waals surface area (Å²) in [5.41, 5.74) is 1.46. The van der Waals surface area contributed by atoms with Gasteiger partial charge < -0.3 is 15.1 Å². The van der Waals surface area contributed by atoms with Gasteiger partial charge in [0.25, 0.3) is 0 Å². The molecule has 19 heavy (non-hydrogen) atoms. The van der Waals surface area contributed by atoms with Crippen LogP contribution in [0.5, 0.6) is 0 Å². The first-order valence-corrected chi connectivity index (χ1v) is 6.14. The van der Waals surface area contributed by atoms with Crippen molar-refractivity contribution >= 4 is 22.9 Å². The smallest absolute Gasteiger partial charge is 0.243 e. The van der Waals surface area contributed by atoms with Crippen molar-refractivity contribution in [3.63, 3.8) is 0 Å². The number of hydrogen-bond acceptors (Lipinski definition) is 4. The van der Waals surface area contributed by atoms with Crippen LogP contribution < -0.4 is 10.6 Å². The molecule has 0 radical (unpaired) electrons. The first kappa shape index (κ1) is 11.7. The van der Waals surface area contributed by atoms with Crippen molar-refractivity contribution in [1.29, 1.82) is 0 Å². The SMILES string of the molecule is O=C1CCC(C(=O)NCc2nc3ccccc3o2)N1. The highest BCUT2D eigenvalue weighted by Crippen LogP contribution is 2.14. The summed E-state index contributed by atoms with van der Waals surface area (Å²) in [5, 5.41) is 5.33. The lowest BCUT2D eigenvalue weighted by Gasteiger charge is -2.08. The van der Waals surface area contributed by atoms with Crippen LogP contribution in [0.4, 0.5) is 0 Å². The molecule has 1 aliphatic heterocycles. The van der Waals surface area contributed by atoms with Crippen LogP contribution in [0.3, 0.4) is 0 Å². The number of para-hydroxylation sites is 2. The Labute approximate surface area is 109 Å². The van der Waals surface area contributed by atoms with Gasteiger partial charge in [0.05, 0.1) is 6.54 Å². The maximum atomic E-state index is 11.8. The summed E-state index contributed by atoms with van der Waals surface area (Å²) in [4.78, 5) is 27.1. The Kier molecular flexibility index (Phi) is 2.91. The molecule has 6 nitrogen and oxygen atoms in total. The van der Waals surface area contributed by atoms with Crippen LogP contribution in [0, 0.1) is 0 Å². The molecule has 0 spiro atoms. The minimum absolute atomic E-state index is 0.0815. The summed E-state index contributed by atoms with van der Waals surface area (Å²) in [6.45, 7) is 0.222. The summed E-state index contributed by atoms with van der Waals surface area (Å²) in [7, 11) is 0. The maximum absolute atomic E-state index is 11.8. The van der Waals surface area contributed by atoms with Crippen molar-refractivity contribution in [2.75, 3.05) is 0 Å². The number of oxazole rings is 1. The van der Waals surface area contributed by atoms with E-state index in [9.17, 15) is 9.59 Å². The van der Waals surface area contributed by atoms with Crippen LogP contribution in [0.25, 0.3) is 11.1 Å². The van der Waals surface area contributed by atoms with Crippen molar-refractivity contribution in [3.8, 4) is 0 Å². The normalized spacial score (nSPS) is 18.5. The van der Waals surface area contributed by atoms with E-state index in [1.54, 1.807) is 0 Å². The van der Waals surface area contributed by atoms with E-state index in [0.29, 0.717) is 24.3 Å². The van der Waals surface area contributed by atoms with Crippen molar-refractivity contribution in [2.45, 2.75) is 25.4 Å². The molecule has 1 unspecified atom stereocenters. The number of carbonyl (C=O) groups is 2. The summed E-state index contributed by atoms with van der Waals surface area (Å²) in [5.74, 6) is 0.175. The van der Waals surface area contributed by atoms with Gasteiger partial charge in [-0.1, -0.05) is 12.1 Å². The number of aromatic nitrogens is 1. The number of nitrogens with zero attached hydrogens (tertiary/aromatic N) is 1. The average Bonchev–Trinajstić information content (AvgIpc) is 3.01. The number of hydrogen-bond donors (Lipinski definition) is 2. The van der Waals surface area contributed by atoms with Gasteiger partial charge in [0.2, 0.25) is 17.7 Å². The predicted molar refractivity (Wildman–Crippen MR) is 67.0 cm³/mol. The molecule has 2 aromatic rings. The molecule has 1 saturated heterocycles. The van der Waals surface area contributed by atoms with E-state index in [2.05, 4.69) is 15.6 Å². The Balaban J connectivity index is 1.62. The van der Waals surface area contributed by atoms with Gasteiger partial charge in [-0.2, -0.15) is 0 Å². The van der Waals surface area contributed by atoms with E-state index >= 15 is 0 Å². The molecule has 1 aliphatic rings. The zero-order valence-corrected chi connectivity index (χ0v) is 10.2. The molecule has 1 aromatic heterocycles. The van der Waals surface area contributed by atoms with Crippen molar-refractivity contribution in [1.82, 2.24) is 15.6 Å². The van der Waals surface area contributed by atoms with Gasteiger partial charge in [-0.15, -0.1) is 0 Å². The number of nitrogens with one attached hydrogen (secondary N) is 2. The molecule has 6 heteroatoms. The molecule has 0 bridgehead atoms. The van der Waals surface area contributed by atoms with E-state index < -0.39 is 6.04 Å². The Morgan fingerprint density at radius 2 is 2.32 bits per heavy atom. The minimum Gasteiger partial charge on any atom is -0.439 e. The zero-order valence-electron chi connectivity index (χ0n) is 10.2. The van der Waals surface area contributed by atoms with Crippen LogP contribution >= 0.6 is 0 Å². The van der Waals surface area contributed by atoms with Crippen LogP contribution in [0.1, 0.15) is 18.7 Å². The Morgan fingerprint density at radius 1 is 1.47 bits per heavy atom. The largest absolute Gasteiger partial charge is 0.439 e. The first-order chi connectivity index (χ1) is 9.22. The number of fused-ring (bicyclic) bond motifs is 1. The monoisotopic (exact) mass is 259 g/mol. The third kappa shape index (κ3) is 2.42. The molecule has 2 heterocycles. The molecule has 98 valence electrons. The molecule has 0 saturated carbocycles. The van der Waals surface area contributed by atoms with Gasteiger partial charge >= 0.3 is 0 Å². The summed E-state index contributed by atoms with van der Waals surface area (Å²) < 4.78 is 5.49. The van der Waals surface area contributed by atoms with Crippen molar-refractivity contribution in [3.05, 3.63) is 30.2 Å². The maximum Gasteiger partial charge on any atom is 0.243 e. The van der Waals surface area contributed by atoms with Gasteiger partial charge in [0.1, 0.15) is 11.6 Å². The lowest BCUT2D eigenvalue weighted by atomic mass is 10.2. The number of benzene rings is 1.